The second-order valence-electron chi connectivity index (χ2n) is 6.32. The molecule has 1 heterocycles. The molecule has 0 saturated carbocycles. The van der Waals surface area contributed by atoms with E-state index < -0.39 is 15.8 Å². The number of sulfonamides is 1. The van der Waals surface area contributed by atoms with Crippen LogP contribution in [0.25, 0.3) is 0 Å². The smallest absolute Gasteiger partial charge is 0.290 e. The lowest BCUT2D eigenvalue weighted by molar-refractivity contribution is -0.122. The fourth-order valence-electron chi connectivity index (χ4n) is 2.92. The van der Waals surface area contributed by atoms with Crippen LogP contribution >= 0.6 is 0 Å². The van der Waals surface area contributed by atoms with E-state index in [0.29, 0.717) is 30.6 Å². The van der Waals surface area contributed by atoms with E-state index in [4.69, 9.17) is 14.4 Å². The molecule has 0 spiro atoms. The summed E-state index contributed by atoms with van der Waals surface area (Å²) >= 11 is 0. The Hall–Kier alpha value is -2.50. The number of aromatic nitrogens is 1. The number of phenols is 1. The van der Waals surface area contributed by atoms with Crippen molar-refractivity contribution in [2.45, 2.75) is 38.4 Å². The highest BCUT2D eigenvalue weighted by Gasteiger charge is 2.25. The predicted octanol–water partition coefficient (Wildman–Crippen LogP) is 0.916. The van der Waals surface area contributed by atoms with Crippen molar-refractivity contribution in [3.05, 3.63) is 46.6 Å². The van der Waals surface area contributed by atoms with E-state index in [9.17, 15) is 17.9 Å². The highest BCUT2D eigenvalue weighted by molar-refractivity contribution is 7.88. The van der Waals surface area contributed by atoms with Gasteiger partial charge in [-0.3, -0.25) is 4.79 Å². The number of carbonyl (C=O) groups is 1. The molecule has 0 bridgehead atoms. The standard InChI is InChI=1S/C16H20FN3O4S.CH2O2/c1-25(22,23)19-9-14-13-7-12(4-5-16(13)24-20-14)18-8-10-2-3-11(17)6-15(10)21;2-1-3/h2-3,6,12,18-19,21H,4-5,7-9H2,1H3;1H,(H,2,3). The summed E-state index contributed by atoms with van der Waals surface area (Å²) in [5, 5.41) is 24.0. The van der Waals surface area contributed by atoms with Gasteiger partial charge in [0.2, 0.25) is 10.0 Å². The summed E-state index contributed by atoms with van der Waals surface area (Å²) in [5.41, 5.74) is 2.14. The fourth-order valence-corrected chi connectivity index (χ4v) is 3.32. The summed E-state index contributed by atoms with van der Waals surface area (Å²) in [6, 6.07) is 4.08. The summed E-state index contributed by atoms with van der Waals surface area (Å²) in [4.78, 5) is 8.36. The van der Waals surface area contributed by atoms with Gasteiger partial charge in [0.1, 0.15) is 23.0 Å². The first-order valence-corrected chi connectivity index (χ1v) is 10.3. The Morgan fingerprint density at radius 3 is 2.75 bits per heavy atom. The molecule has 4 N–H and O–H groups in total. The number of carboxylic acid groups (broad SMARTS) is 1. The fraction of sp³-hybridized carbons (Fsp3) is 0.412. The van der Waals surface area contributed by atoms with Crippen LogP contribution in [-0.2, 0) is 40.7 Å². The monoisotopic (exact) mass is 415 g/mol. The molecule has 1 aliphatic rings. The second-order valence-corrected chi connectivity index (χ2v) is 8.16. The first kappa shape index (κ1) is 21.8. The number of fused-ring (bicyclic) bond motifs is 1. The average molecular weight is 415 g/mol. The molecule has 28 heavy (non-hydrogen) atoms. The van der Waals surface area contributed by atoms with Crippen molar-refractivity contribution < 1.29 is 32.3 Å². The number of hydrogen-bond acceptors (Lipinski definition) is 7. The Morgan fingerprint density at radius 2 is 2.11 bits per heavy atom. The third kappa shape index (κ3) is 6.29. The topological polar surface area (TPSA) is 142 Å². The van der Waals surface area contributed by atoms with Gasteiger partial charge in [-0.15, -0.1) is 0 Å². The van der Waals surface area contributed by atoms with Gasteiger partial charge in [0.25, 0.3) is 6.47 Å². The largest absolute Gasteiger partial charge is 0.508 e. The van der Waals surface area contributed by atoms with Crippen LogP contribution in [0.1, 0.15) is 29.0 Å². The molecular formula is C17H22FN3O6S. The minimum absolute atomic E-state index is 0.0768. The van der Waals surface area contributed by atoms with E-state index in [2.05, 4.69) is 15.2 Å². The zero-order chi connectivity index (χ0) is 20.7. The average Bonchev–Trinajstić information content (AvgIpc) is 3.02. The molecule has 0 amide bonds. The molecule has 0 saturated heterocycles. The molecule has 1 aromatic carbocycles. The van der Waals surface area contributed by atoms with Crippen molar-refractivity contribution in [2.75, 3.05) is 6.26 Å². The van der Waals surface area contributed by atoms with Gasteiger partial charge in [0.15, 0.2) is 0 Å². The van der Waals surface area contributed by atoms with Crippen LogP contribution in [0.3, 0.4) is 0 Å². The number of nitrogens with zero attached hydrogens (tertiary/aromatic N) is 1. The Labute approximate surface area is 161 Å². The summed E-state index contributed by atoms with van der Waals surface area (Å²) in [6.45, 7) is 0.261. The van der Waals surface area contributed by atoms with Gasteiger partial charge < -0.3 is 20.1 Å². The predicted molar refractivity (Wildman–Crippen MR) is 97.6 cm³/mol. The van der Waals surface area contributed by atoms with E-state index in [1.165, 1.54) is 6.07 Å². The third-order valence-electron chi connectivity index (χ3n) is 4.25. The molecule has 0 radical (unpaired) electrons. The van der Waals surface area contributed by atoms with Gasteiger partial charge in [-0.1, -0.05) is 11.2 Å². The maximum Gasteiger partial charge on any atom is 0.290 e. The van der Waals surface area contributed by atoms with Crippen LogP contribution in [-0.4, -0.2) is 42.6 Å². The number of aromatic hydroxyl groups is 1. The third-order valence-corrected chi connectivity index (χ3v) is 4.92. The SMILES string of the molecule is CS(=O)(=O)NCc1noc2c1CC(NCc1ccc(F)cc1O)CC2.O=CO. The molecule has 1 unspecified atom stereocenters. The Balaban J connectivity index is 0.000000878. The molecule has 1 atom stereocenters. The van der Waals surface area contributed by atoms with E-state index in [1.54, 1.807) is 6.07 Å². The van der Waals surface area contributed by atoms with Gasteiger partial charge >= 0.3 is 0 Å². The minimum atomic E-state index is -3.30. The molecule has 0 aliphatic heterocycles. The minimum Gasteiger partial charge on any atom is -0.508 e. The van der Waals surface area contributed by atoms with Crippen LogP contribution in [0.5, 0.6) is 5.75 Å². The van der Waals surface area contributed by atoms with Gasteiger partial charge in [0, 0.05) is 36.2 Å². The van der Waals surface area contributed by atoms with Gasteiger partial charge in [-0.05, 0) is 18.9 Å². The number of hydrogen-bond donors (Lipinski definition) is 4. The van der Waals surface area contributed by atoms with E-state index in [0.717, 1.165) is 30.1 Å². The number of halogens is 1. The van der Waals surface area contributed by atoms with Crippen molar-refractivity contribution >= 4 is 16.5 Å². The Morgan fingerprint density at radius 1 is 1.39 bits per heavy atom. The van der Waals surface area contributed by atoms with Crippen LogP contribution in [0.4, 0.5) is 4.39 Å². The molecule has 9 nitrogen and oxygen atoms in total. The molecular weight excluding hydrogens is 393 g/mol. The van der Waals surface area contributed by atoms with E-state index >= 15 is 0 Å². The number of benzene rings is 1. The molecule has 1 aliphatic carbocycles. The van der Waals surface area contributed by atoms with Crippen LogP contribution in [0, 0.1) is 5.82 Å². The number of rotatable bonds is 6. The zero-order valence-electron chi connectivity index (χ0n) is 15.2. The van der Waals surface area contributed by atoms with Crippen LogP contribution in [0.15, 0.2) is 22.7 Å². The van der Waals surface area contributed by atoms with Crippen molar-refractivity contribution in [1.82, 2.24) is 15.2 Å². The lowest BCUT2D eigenvalue weighted by atomic mass is 9.92. The normalized spacial score (nSPS) is 16.0. The number of aryl methyl sites for hydroxylation is 1. The van der Waals surface area contributed by atoms with Crippen LogP contribution < -0.4 is 10.0 Å². The first-order valence-electron chi connectivity index (χ1n) is 8.43. The lowest BCUT2D eigenvalue weighted by Crippen LogP contribution is -2.34. The van der Waals surface area contributed by atoms with Crippen molar-refractivity contribution in [2.24, 2.45) is 0 Å². The van der Waals surface area contributed by atoms with Gasteiger partial charge in [-0.25, -0.2) is 17.5 Å². The van der Waals surface area contributed by atoms with E-state index in [1.807, 2.05) is 0 Å². The quantitative estimate of drug-likeness (QED) is 0.510. The summed E-state index contributed by atoms with van der Waals surface area (Å²) in [7, 11) is -3.30. The van der Waals surface area contributed by atoms with E-state index in [-0.39, 0.29) is 24.8 Å². The highest BCUT2D eigenvalue weighted by Crippen LogP contribution is 2.25. The number of nitrogens with one attached hydrogen (secondary N) is 2. The van der Waals surface area contributed by atoms with Crippen LogP contribution in [0.2, 0.25) is 0 Å². The maximum absolute atomic E-state index is 13.0. The zero-order valence-corrected chi connectivity index (χ0v) is 16.0. The first-order chi connectivity index (χ1) is 13.2. The van der Waals surface area contributed by atoms with Crippen molar-refractivity contribution in [3.63, 3.8) is 0 Å². The molecule has 11 heteroatoms. The van der Waals surface area contributed by atoms with Gasteiger partial charge in [-0.2, -0.15) is 0 Å². The van der Waals surface area contributed by atoms with Crippen molar-refractivity contribution in [3.8, 4) is 5.75 Å². The summed E-state index contributed by atoms with van der Waals surface area (Å²) in [5.74, 6) is 0.232. The van der Waals surface area contributed by atoms with Crippen molar-refractivity contribution in [1.29, 1.82) is 0 Å². The highest BCUT2D eigenvalue weighted by atomic mass is 32.2. The second kappa shape index (κ2) is 9.62. The Bertz CT molecular complexity index is 916. The molecule has 2 aromatic rings. The molecule has 1 aromatic heterocycles. The molecule has 154 valence electrons. The molecule has 3 rings (SSSR count). The lowest BCUT2D eigenvalue weighted by Gasteiger charge is -2.23. The molecule has 0 fully saturated rings. The number of phenolic OH excluding ortho intramolecular Hbond substituents is 1. The summed E-state index contributed by atoms with van der Waals surface area (Å²) < 4.78 is 43.2. The summed E-state index contributed by atoms with van der Waals surface area (Å²) in [6.07, 6.45) is 3.29. The maximum atomic E-state index is 13.0. The Kier molecular flexibility index (Phi) is 7.49. The van der Waals surface area contributed by atoms with Gasteiger partial charge in [0.05, 0.1) is 12.8 Å².